The van der Waals surface area contributed by atoms with Gasteiger partial charge in [0.1, 0.15) is 0 Å². The second-order valence-corrected chi connectivity index (χ2v) is 4.54. The Kier molecular flexibility index (Phi) is 5.92. The summed E-state index contributed by atoms with van der Waals surface area (Å²) >= 11 is 0. The molecule has 0 bridgehead atoms. The van der Waals surface area contributed by atoms with E-state index in [0.717, 1.165) is 6.42 Å². The Morgan fingerprint density at radius 3 is 2.00 bits per heavy atom. The van der Waals surface area contributed by atoms with Gasteiger partial charge in [0.25, 0.3) is 0 Å². The van der Waals surface area contributed by atoms with Crippen LogP contribution in [0, 0.1) is 19.8 Å². The number of hydrogen-bond acceptors (Lipinski definition) is 1. The highest BCUT2D eigenvalue weighted by Gasteiger charge is 2.12. The summed E-state index contributed by atoms with van der Waals surface area (Å²) in [7, 11) is 0. The predicted octanol–water partition coefficient (Wildman–Crippen LogP) is 3.77. The molecule has 2 heteroatoms. The maximum atomic E-state index is 6.20. The van der Waals surface area contributed by atoms with Crippen molar-refractivity contribution in [3.8, 4) is 0 Å². The molecule has 0 fully saturated rings. The molecule has 0 heterocycles. The van der Waals surface area contributed by atoms with Crippen molar-refractivity contribution in [1.29, 1.82) is 0 Å². The molecule has 0 unspecified atom stereocenters. The Morgan fingerprint density at radius 2 is 1.60 bits per heavy atom. The van der Waals surface area contributed by atoms with Gasteiger partial charge in [-0.1, -0.05) is 32.0 Å². The number of aryl methyl sites for hydroxylation is 2. The van der Waals surface area contributed by atoms with Crippen LogP contribution in [0.25, 0.3) is 0 Å². The molecule has 1 aromatic carbocycles. The minimum Gasteiger partial charge on any atom is -0.324 e. The van der Waals surface area contributed by atoms with Crippen LogP contribution in [0.1, 0.15) is 43.0 Å². The highest BCUT2D eigenvalue weighted by molar-refractivity contribution is 5.85. The van der Waals surface area contributed by atoms with Gasteiger partial charge in [-0.05, 0) is 42.9 Å². The number of rotatable bonds is 3. The highest BCUT2D eigenvalue weighted by atomic mass is 35.5. The van der Waals surface area contributed by atoms with Crippen molar-refractivity contribution in [2.24, 2.45) is 11.7 Å². The molecule has 0 aliphatic carbocycles. The minimum absolute atomic E-state index is 0. The van der Waals surface area contributed by atoms with E-state index in [1.165, 1.54) is 16.7 Å². The second-order valence-electron chi connectivity index (χ2n) is 4.54. The van der Waals surface area contributed by atoms with Crippen LogP contribution in [0.4, 0.5) is 0 Å². The van der Waals surface area contributed by atoms with Gasteiger partial charge in [-0.15, -0.1) is 12.4 Å². The average molecular weight is 228 g/mol. The molecule has 0 aromatic heterocycles. The Morgan fingerprint density at radius 1 is 1.13 bits per heavy atom. The van der Waals surface area contributed by atoms with Crippen LogP contribution in [0.15, 0.2) is 18.2 Å². The highest BCUT2D eigenvalue weighted by Crippen LogP contribution is 2.24. The van der Waals surface area contributed by atoms with Crippen LogP contribution >= 0.6 is 12.4 Å². The van der Waals surface area contributed by atoms with Gasteiger partial charge in [0.15, 0.2) is 0 Å². The summed E-state index contributed by atoms with van der Waals surface area (Å²) in [5, 5.41) is 0. The number of hydrogen-bond donors (Lipinski definition) is 1. The molecule has 0 aliphatic rings. The van der Waals surface area contributed by atoms with Gasteiger partial charge in [0.05, 0.1) is 0 Å². The molecule has 0 saturated carbocycles. The van der Waals surface area contributed by atoms with Crippen LogP contribution in [0.2, 0.25) is 0 Å². The van der Waals surface area contributed by atoms with Crippen LogP contribution in [-0.4, -0.2) is 0 Å². The Bertz CT molecular complexity index is 287. The fourth-order valence-electron chi connectivity index (χ4n) is 2.04. The van der Waals surface area contributed by atoms with E-state index in [2.05, 4.69) is 45.9 Å². The van der Waals surface area contributed by atoms with E-state index in [0.29, 0.717) is 5.92 Å². The molecule has 1 rings (SSSR count). The summed E-state index contributed by atoms with van der Waals surface area (Å²) in [6.45, 7) is 8.71. The second kappa shape index (κ2) is 6.14. The van der Waals surface area contributed by atoms with Gasteiger partial charge in [-0.2, -0.15) is 0 Å². The Hall–Kier alpha value is -0.530. The summed E-state index contributed by atoms with van der Waals surface area (Å²) in [6, 6.07) is 6.57. The van der Waals surface area contributed by atoms with Crippen molar-refractivity contribution in [2.45, 2.75) is 40.2 Å². The third-order valence-corrected chi connectivity index (χ3v) is 2.64. The normalized spacial score (nSPS) is 12.4. The molecule has 2 N–H and O–H groups in total. The third-order valence-electron chi connectivity index (χ3n) is 2.64. The largest absolute Gasteiger partial charge is 0.324 e. The first-order valence-electron chi connectivity index (χ1n) is 5.34. The number of benzene rings is 1. The molecular formula is C13H22ClN. The van der Waals surface area contributed by atoms with Crippen LogP contribution in [0.3, 0.4) is 0 Å². The molecule has 0 spiro atoms. The molecule has 1 atom stereocenters. The van der Waals surface area contributed by atoms with Crippen molar-refractivity contribution < 1.29 is 0 Å². The molecule has 15 heavy (non-hydrogen) atoms. The van der Waals surface area contributed by atoms with Gasteiger partial charge in [0, 0.05) is 6.04 Å². The molecule has 1 aromatic rings. The topological polar surface area (TPSA) is 26.0 Å². The van der Waals surface area contributed by atoms with E-state index in [1.54, 1.807) is 0 Å². The summed E-state index contributed by atoms with van der Waals surface area (Å²) in [4.78, 5) is 0. The zero-order valence-electron chi connectivity index (χ0n) is 10.1. The van der Waals surface area contributed by atoms with E-state index in [4.69, 9.17) is 5.73 Å². The van der Waals surface area contributed by atoms with E-state index in [-0.39, 0.29) is 18.4 Å². The van der Waals surface area contributed by atoms with Gasteiger partial charge < -0.3 is 5.73 Å². The van der Waals surface area contributed by atoms with E-state index >= 15 is 0 Å². The Balaban J connectivity index is 0.00000196. The molecule has 0 aliphatic heterocycles. The lowest BCUT2D eigenvalue weighted by molar-refractivity contribution is 0.507. The first-order valence-corrected chi connectivity index (χ1v) is 5.34. The lowest BCUT2D eigenvalue weighted by Gasteiger charge is -2.19. The Labute approximate surface area is 99.5 Å². The molecule has 0 saturated heterocycles. The zero-order chi connectivity index (χ0) is 10.7. The average Bonchev–Trinajstić information content (AvgIpc) is 2.01. The maximum Gasteiger partial charge on any atom is 0.0302 e. The summed E-state index contributed by atoms with van der Waals surface area (Å²) in [5.41, 5.74) is 10.2. The van der Waals surface area contributed by atoms with Crippen molar-refractivity contribution in [3.05, 3.63) is 34.9 Å². The standard InChI is InChI=1S/C13H21N.ClH/c1-9(2)8-12(14)13-10(3)6-5-7-11(13)4;/h5-7,9,12H,8,14H2,1-4H3;1H/t12-;/m1./s1. The van der Waals surface area contributed by atoms with Gasteiger partial charge in [-0.3, -0.25) is 0 Å². The molecular weight excluding hydrogens is 206 g/mol. The van der Waals surface area contributed by atoms with Crippen molar-refractivity contribution >= 4 is 12.4 Å². The first kappa shape index (κ1) is 14.5. The number of halogens is 1. The van der Waals surface area contributed by atoms with E-state index < -0.39 is 0 Å². The van der Waals surface area contributed by atoms with Gasteiger partial charge in [-0.25, -0.2) is 0 Å². The summed E-state index contributed by atoms with van der Waals surface area (Å²) < 4.78 is 0. The van der Waals surface area contributed by atoms with Crippen molar-refractivity contribution in [1.82, 2.24) is 0 Å². The summed E-state index contributed by atoms with van der Waals surface area (Å²) in [5.74, 6) is 0.656. The van der Waals surface area contributed by atoms with Gasteiger partial charge in [0.2, 0.25) is 0 Å². The summed E-state index contributed by atoms with van der Waals surface area (Å²) in [6.07, 6.45) is 1.06. The zero-order valence-corrected chi connectivity index (χ0v) is 10.9. The first-order chi connectivity index (χ1) is 6.52. The molecule has 1 nitrogen and oxygen atoms in total. The maximum absolute atomic E-state index is 6.20. The smallest absolute Gasteiger partial charge is 0.0302 e. The van der Waals surface area contributed by atoms with E-state index in [1.807, 2.05) is 0 Å². The minimum atomic E-state index is 0. The SMILES string of the molecule is Cc1cccc(C)c1[C@H](N)CC(C)C.Cl. The predicted molar refractivity (Wildman–Crippen MR) is 69.5 cm³/mol. The fourth-order valence-corrected chi connectivity index (χ4v) is 2.04. The number of nitrogens with two attached hydrogens (primary N) is 1. The fraction of sp³-hybridized carbons (Fsp3) is 0.538. The van der Waals surface area contributed by atoms with Crippen molar-refractivity contribution in [2.75, 3.05) is 0 Å². The molecule has 86 valence electrons. The lowest BCUT2D eigenvalue weighted by Crippen LogP contribution is -2.15. The third kappa shape index (κ3) is 3.84. The molecule has 0 radical (unpaired) electrons. The van der Waals surface area contributed by atoms with E-state index in [9.17, 15) is 0 Å². The lowest BCUT2D eigenvalue weighted by atomic mass is 9.91. The van der Waals surface area contributed by atoms with Gasteiger partial charge >= 0.3 is 0 Å². The quantitative estimate of drug-likeness (QED) is 0.836. The van der Waals surface area contributed by atoms with Crippen LogP contribution < -0.4 is 5.73 Å². The monoisotopic (exact) mass is 227 g/mol. The molecule has 0 amide bonds. The van der Waals surface area contributed by atoms with Crippen LogP contribution in [-0.2, 0) is 0 Å². The van der Waals surface area contributed by atoms with Crippen molar-refractivity contribution in [3.63, 3.8) is 0 Å². The van der Waals surface area contributed by atoms with Crippen LogP contribution in [0.5, 0.6) is 0 Å².